The van der Waals surface area contributed by atoms with Crippen LogP contribution in [-0.2, 0) is 0 Å². The van der Waals surface area contributed by atoms with E-state index in [-0.39, 0.29) is 18.1 Å². The van der Waals surface area contributed by atoms with Crippen molar-refractivity contribution in [2.45, 2.75) is 26.0 Å². The Morgan fingerprint density at radius 2 is 2.04 bits per heavy atom. The maximum atomic E-state index is 12.9. The standard InChI is InChI=1S/C23H24N2O3/c1-15-8-9-19(28-20-13-24-14-20)12-21(15)23(26)25-16(2)17-5-3-6-18(11-17)22-7-4-10-27-22/h3-12,16,20,24H,13-14H2,1-2H3,(H,25,26). The summed E-state index contributed by atoms with van der Waals surface area (Å²) in [7, 11) is 0. The Morgan fingerprint density at radius 3 is 2.75 bits per heavy atom. The van der Waals surface area contributed by atoms with Gasteiger partial charge in [-0.25, -0.2) is 0 Å². The Bertz CT molecular complexity index is 962. The van der Waals surface area contributed by atoms with Gasteiger partial charge in [0.1, 0.15) is 17.6 Å². The monoisotopic (exact) mass is 376 g/mol. The van der Waals surface area contributed by atoms with E-state index in [9.17, 15) is 4.79 Å². The zero-order valence-corrected chi connectivity index (χ0v) is 16.1. The fourth-order valence-electron chi connectivity index (χ4n) is 3.22. The molecule has 5 nitrogen and oxygen atoms in total. The van der Waals surface area contributed by atoms with Gasteiger partial charge in [0.25, 0.3) is 5.91 Å². The minimum atomic E-state index is -0.137. The Morgan fingerprint density at radius 1 is 1.18 bits per heavy atom. The number of rotatable bonds is 6. The summed E-state index contributed by atoms with van der Waals surface area (Å²) in [4.78, 5) is 12.9. The Labute approximate surface area is 164 Å². The number of furan rings is 1. The van der Waals surface area contributed by atoms with E-state index in [1.807, 2.05) is 68.4 Å². The fraction of sp³-hybridized carbons (Fsp3) is 0.261. The average Bonchev–Trinajstić information content (AvgIpc) is 3.20. The lowest BCUT2D eigenvalue weighted by Crippen LogP contribution is -2.50. The second-order valence-electron chi connectivity index (χ2n) is 7.17. The summed E-state index contributed by atoms with van der Waals surface area (Å²) >= 11 is 0. The Hall–Kier alpha value is -3.05. The largest absolute Gasteiger partial charge is 0.488 e. The van der Waals surface area contributed by atoms with Gasteiger partial charge in [-0.15, -0.1) is 0 Å². The van der Waals surface area contributed by atoms with Gasteiger partial charge in [0.2, 0.25) is 0 Å². The van der Waals surface area contributed by atoms with Crippen LogP contribution < -0.4 is 15.4 Å². The minimum absolute atomic E-state index is 0.106. The highest BCUT2D eigenvalue weighted by atomic mass is 16.5. The summed E-state index contributed by atoms with van der Waals surface area (Å²) in [5.74, 6) is 1.44. The number of carbonyl (C=O) groups excluding carboxylic acids is 1. The van der Waals surface area contributed by atoms with Crippen molar-refractivity contribution in [1.29, 1.82) is 0 Å². The summed E-state index contributed by atoms with van der Waals surface area (Å²) in [6.07, 6.45) is 1.84. The van der Waals surface area contributed by atoms with E-state index < -0.39 is 0 Å². The van der Waals surface area contributed by atoms with Gasteiger partial charge >= 0.3 is 0 Å². The fourth-order valence-corrected chi connectivity index (χ4v) is 3.22. The maximum absolute atomic E-state index is 12.9. The van der Waals surface area contributed by atoms with Gasteiger partial charge in [0.05, 0.1) is 12.3 Å². The van der Waals surface area contributed by atoms with Gasteiger partial charge in [-0.05, 0) is 55.3 Å². The first kappa shape index (κ1) is 18.3. The van der Waals surface area contributed by atoms with E-state index in [4.69, 9.17) is 9.15 Å². The lowest BCUT2D eigenvalue weighted by atomic mass is 10.0. The molecule has 5 heteroatoms. The summed E-state index contributed by atoms with van der Waals surface area (Å²) < 4.78 is 11.4. The molecule has 2 aromatic carbocycles. The predicted octanol–water partition coefficient (Wildman–Crippen LogP) is 4.10. The van der Waals surface area contributed by atoms with Crippen molar-refractivity contribution in [1.82, 2.24) is 10.6 Å². The zero-order valence-electron chi connectivity index (χ0n) is 16.1. The molecule has 1 unspecified atom stereocenters. The van der Waals surface area contributed by atoms with Gasteiger partial charge in [-0.1, -0.05) is 24.3 Å². The van der Waals surface area contributed by atoms with Gasteiger partial charge in [-0.3, -0.25) is 4.79 Å². The Kier molecular flexibility index (Phi) is 5.17. The lowest BCUT2D eigenvalue weighted by molar-refractivity contribution is 0.0937. The molecule has 1 aliphatic heterocycles. The van der Waals surface area contributed by atoms with E-state index >= 15 is 0 Å². The van der Waals surface area contributed by atoms with E-state index in [1.54, 1.807) is 6.26 Å². The third-order valence-electron chi connectivity index (χ3n) is 5.04. The molecule has 0 saturated carbocycles. The summed E-state index contributed by atoms with van der Waals surface area (Å²) in [6, 6.07) is 17.3. The molecular weight excluding hydrogens is 352 g/mol. The molecule has 1 aliphatic rings. The van der Waals surface area contributed by atoms with Crippen LogP contribution in [0.1, 0.15) is 34.5 Å². The van der Waals surface area contributed by atoms with Crippen molar-refractivity contribution in [3.05, 3.63) is 77.6 Å². The SMILES string of the molecule is Cc1ccc(OC2CNC2)cc1C(=O)NC(C)c1cccc(-c2ccco2)c1. The van der Waals surface area contributed by atoms with Crippen LogP contribution in [0.25, 0.3) is 11.3 Å². The lowest BCUT2D eigenvalue weighted by Gasteiger charge is -2.28. The molecule has 0 spiro atoms. The highest BCUT2D eigenvalue weighted by molar-refractivity contribution is 5.96. The van der Waals surface area contributed by atoms with E-state index in [0.29, 0.717) is 5.56 Å². The van der Waals surface area contributed by atoms with E-state index in [2.05, 4.69) is 10.6 Å². The van der Waals surface area contributed by atoms with Gasteiger partial charge < -0.3 is 19.8 Å². The Balaban J connectivity index is 1.48. The smallest absolute Gasteiger partial charge is 0.252 e. The molecule has 0 radical (unpaired) electrons. The summed E-state index contributed by atoms with van der Waals surface area (Å²) in [5.41, 5.74) is 3.57. The second-order valence-corrected chi connectivity index (χ2v) is 7.17. The molecule has 3 aromatic rings. The first-order valence-electron chi connectivity index (χ1n) is 9.53. The van der Waals surface area contributed by atoms with Crippen molar-refractivity contribution in [2.24, 2.45) is 0 Å². The number of hydrogen-bond donors (Lipinski definition) is 2. The highest BCUT2D eigenvalue weighted by Crippen LogP contribution is 2.25. The van der Waals surface area contributed by atoms with Crippen molar-refractivity contribution in [3.8, 4) is 17.1 Å². The molecule has 1 amide bonds. The number of nitrogens with one attached hydrogen (secondary N) is 2. The molecule has 2 heterocycles. The zero-order chi connectivity index (χ0) is 19.5. The van der Waals surface area contributed by atoms with Crippen LogP contribution in [-0.4, -0.2) is 25.1 Å². The molecule has 28 heavy (non-hydrogen) atoms. The number of carbonyl (C=O) groups is 1. The van der Waals surface area contributed by atoms with E-state index in [0.717, 1.165) is 41.3 Å². The van der Waals surface area contributed by atoms with Crippen LogP contribution in [0.3, 0.4) is 0 Å². The number of benzene rings is 2. The number of ether oxygens (including phenoxy) is 1. The molecule has 1 aromatic heterocycles. The molecule has 2 N–H and O–H groups in total. The van der Waals surface area contributed by atoms with Crippen LogP contribution in [0.2, 0.25) is 0 Å². The normalized spacial score (nSPS) is 14.9. The number of hydrogen-bond acceptors (Lipinski definition) is 4. The van der Waals surface area contributed by atoms with Crippen LogP contribution in [0, 0.1) is 6.92 Å². The van der Waals surface area contributed by atoms with Crippen molar-refractivity contribution >= 4 is 5.91 Å². The highest BCUT2D eigenvalue weighted by Gasteiger charge is 2.20. The van der Waals surface area contributed by atoms with Crippen molar-refractivity contribution < 1.29 is 13.9 Å². The van der Waals surface area contributed by atoms with Gasteiger partial charge in [-0.2, -0.15) is 0 Å². The molecule has 0 bridgehead atoms. The maximum Gasteiger partial charge on any atom is 0.252 e. The van der Waals surface area contributed by atoms with E-state index in [1.165, 1.54) is 0 Å². The number of aryl methyl sites for hydroxylation is 1. The molecular formula is C23H24N2O3. The quantitative estimate of drug-likeness (QED) is 0.680. The van der Waals surface area contributed by atoms with Gasteiger partial charge in [0, 0.05) is 24.2 Å². The molecule has 1 saturated heterocycles. The van der Waals surface area contributed by atoms with Crippen LogP contribution in [0.15, 0.2) is 65.3 Å². The number of amides is 1. The van der Waals surface area contributed by atoms with Crippen LogP contribution in [0.4, 0.5) is 0 Å². The predicted molar refractivity (Wildman–Crippen MR) is 108 cm³/mol. The van der Waals surface area contributed by atoms with Crippen LogP contribution >= 0.6 is 0 Å². The average molecular weight is 376 g/mol. The third kappa shape index (κ3) is 3.94. The first-order chi connectivity index (χ1) is 13.6. The first-order valence-corrected chi connectivity index (χ1v) is 9.53. The molecule has 144 valence electrons. The topological polar surface area (TPSA) is 63.5 Å². The van der Waals surface area contributed by atoms with Gasteiger partial charge in [0.15, 0.2) is 0 Å². The molecule has 0 aliphatic carbocycles. The molecule has 1 fully saturated rings. The van der Waals surface area contributed by atoms with Crippen molar-refractivity contribution in [2.75, 3.05) is 13.1 Å². The van der Waals surface area contributed by atoms with Crippen molar-refractivity contribution in [3.63, 3.8) is 0 Å². The molecule has 1 atom stereocenters. The minimum Gasteiger partial charge on any atom is -0.488 e. The molecule has 4 rings (SSSR count). The summed E-state index contributed by atoms with van der Waals surface area (Å²) in [5, 5.41) is 6.27. The van der Waals surface area contributed by atoms with Crippen LogP contribution in [0.5, 0.6) is 5.75 Å². The third-order valence-corrected chi connectivity index (χ3v) is 5.04. The summed E-state index contributed by atoms with van der Waals surface area (Å²) in [6.45, 7) is 5.61. The second kappa shape index (κ2) is 7.90.